The van der Waals surface area contributed by atoms with E-state index in [0.717, 1.165) is 35.7 Å². The van der Waals surface area contributed by atoms with Crippen LogP contribution in [0.2, 0.25) is 0 Å². The molecule has 1 amide bonds. The van der Waals surface area contributed by atoms with Gasteiger partial charge in [0.05, 0.1) is 7.11 Å². The molecule has 1 aromatic heterocycles. The van der Waals surface area contributed by atoms with Gasteiger partial charge in [-0.05, 0) is 43.4 Å². The number of imidazole rings is 1. The van der Waals surface area contributed by atoms with E-state index in [1.165, 1.54) is 6.42 Å². The molecule has 1 aromatic carbocycles. The van der Waals surface area contributed by atoms with Crippen molar-refractivity contribution in [2.75, 3.05) is 13.7 Å². The van der Waals surface area contributed by atoms with Crippen molar-refractivity contribution in [3.05, 3.63) is 47.5 Å². The van der Waals surface area contributed by atoms with E-state index in [4.69, 9.17) is 4.74 Å². The van der Waals surface area contributed by atoms with Crippen LogP contribution in [0.1, 0.15) is 69.1 Å². The second-order valence-corrected chi connectivity index (χ2v) is 7.94. The average molecular weight is 370 g/mol. The molecule has 1 N–H and O–H groups in total. The van der Waals surface area contributed by atoms with Crippen LogP contribution in [0.5, 0.6) is 5.75 Å². The Hall–Kier alpha value is -2.30. The monoisotopic (exact) mass is 369 g/mol. The first-order chi connectivity index (χ1) is 13.0. The number of hydrogen-bond acceptors (Lipinski definition) is 3. The van der Waals surface area contributed by atoms with Gasteiger partial charge in [-0.1, -0.05) is 26.0 Å². The molecule has 0 saturated carbocycles. The van der Waals surface area contributed by atoms with Gasteiger partial charge in [-0.3, -0.25) is 4.79 Å². The molecular formula is C22H31N3O2. The minimum absolute atomic E-state index is 0.0333. The Morgan fingerprint density at radius 3 is 2.96 bits per heavy atom. The molecule has 3 rings (SSSR count). The Morgan fingerprint density at radius 2 is 2.22 bits per heavy atom. The summed E-state index contributed by atoms with van der Waals surface area (Å²) in [7, 11) is 1.67. The largest absolute Gasteiger partial charge is 0.497 e. The number of benzene rings is 1. The van der Waals surface area contributed by atoms with E-state index < -0.39 is 0 Å². The number of carbonyl (C=O) groups is 1. The lowest BCUT2D eigenvalue weighted by Crippen LogP contribution is -2.29. The van der Waals surface area contributed by atoms with Crippen LogP contribution in [-0.2, 0) is 11.2 Å². The van der Waals surface area contributed by atoms with Crippen LogP contribution in [-0.4, -0.2) is 29.1 Å². The lowest BCUT2D eigenvalue weighted by Gasteiger charge is -2.27. The van der Waals surface area contributed by atoms with Gasteiger partial charge in [0.15, 0.2) is 0 Å². The number of aromatic nitrogens is 2. The summed E-state index contributed by atoms with van der Waals surface area (Å²) < 4.78 is 7.77. The number of fused-ring (bicyclic) bond motifs is 1. The summed E-state index contributed by atoms with van der Waals surface area (Å²) in [5.41, 5.74) is 2.22. The second kappa shape index (κ2) is 8.59. The van der Waals surface area contributed by atoms with Crippen molar-refractivity contribution in [1.29, 1.82) is 0 Å². The third kappa shape index (κ3) is 4.52. The quantitative estimate of drug-likeness (QED) is 0.800. The molecule has 0 fully saturated rings. The number of ether oxygens (including phenoxy) is 1. The van der Waals surface area contributed by atoms with E-state index in [-0.39, 0.29) is 11.8 Å². The zero-order valence-corrected chi connectivity index (χ0v) is 16.9. The maximum atomic E-state index is 12.7. The van der Waals surface area contributed by atoms with Crippen LogP contribution in [0.25, 0.3) is 0 Å². The number of amides is 1. The molecule has 1 aliphatic rings. The van der Waals surface area contributed by atoms with Gasteiger partial charge in [0.25, 0.3) is 0 Å². The highest BCUT2D eigenvalue weighted by molar-refractivity contribution is 5.77. The molecule has 2 heterocycles. The number of nitrogens with one attached hydrogen (secondary N) is 1. The van der Waals surface area contributed by atoms with E-state index in [9.17, 15) is 4.79 Å². The summed E-state index contributed by atoms with van der Waals surface area (Å²) >= 11 is 0. The van der Waals surface area contributed by atoms with Gasteiger partial charge >= 0.3 is 0 Å². The Labute approximate surface area is 162 Å². The minimum atomic E-state index is -0.0333. The van der Waals surface area contributed by atoms with Gasteiger partial charge in [-0.2, -0.15) is 0 Å². The second-order valence-electron chi connectivity index (χ2n) is 7.94. The van der Waals surface area contributed by atoms with Crippen molar-refractivity contribution >= 4 is 5.91 Å². The van der Waals surface area contributed by atoms with Gasteiger partial charge in [-0.25, -0.2) is 4.98 Å². The summed E-state index contributed by atoms with van der Waals surface area (Å²) in [5.74, 6) is 2.43. The third-order valence-electron chi connectivity index (χ3n) is 5.32. The van der Waals surface area contributed by atoms with Gasteiger partial charge in [0.2, 0.25) is 5.91 Å². The van der Waals surface area contributed by atoms with Crippen molar-refractivity contribution in [1.82, 2.24) is 14.9 Å². The fourth-order valence-corrected chi connectivity index (χ4v) is 3.88. The lowest BCUT2D eigenvalue weighted by atomic mass is 9.91. The third-order valence-corrected chi connectivity index (χ3v) is 5.32. The standard InChI is InChI=1S/C22H31N3O2/c1-15(2)13-24-22(26)12-19(17-8-6-9-18(11-17)27-4)20-14-23-21-10-5-7-16(3)25(20)21/h6,8-9,11,14-16,19H,5,7,10,12-13H2,1-4H3,(H,24,26)/t16-,19+/m0/s1. The molecular weight excluding hydrogens is 338 g/mol. The Bertz CT molecular complexity index is 782. The Kier molecular flexibility index (Phi) is 6.19. The number of nitrogens with zero attached hydrogens (tertiary/aromatic N) is 2. The molecule has 0 saturated heterocycles. The first kappa shape index (κ1) is 19.5. The number of rotatable bonds is 7. The number of carbonyl (C=O) groups excluding carboxylic acids is 1. The van der Waals surface area contributed by atoms with Crippen LogP contribution < -0.4 is 10.1 Å². The normalized spacial score (nSPS) is 17.4. The van der Waals surface area contributed by atoms with Crippen LogP contribution >= 0.6 is 0 Å². The fourth-order valence-electron chi connectivity index (χ4n) is 3.88. The van der Waals surface area contributed by atoms with Gasteiger partial charge < -0.3 is 14.6 Å². The molecule has 0 bridgehead atoms. The predicted molar refractivity (Wildman–Crippen MR) is 107 cm³/mol. The van der Waals surface area contributed by atoms with Crippen molar-refractivity contribution < 1.29 is 9.53 Å². The first-order valence-corrected chi connectivity index (χ1v) is 9.96. The molecule has 2 atom stereocenters. The highest BCUT2D eigenvalue weighted by atomic mass is 16.5. The summed E-state index contributed by atoms with van der Waals surface area (Å²) in [5, 5.41) is 3.06. The highest BCUT2D eigenvalue weighted by Gasteiger charge is 2.27. The maximum Gasteiger partial charge on any atom is 0.221 e. The van der Waals surface area contributed by atoms with Crippen LogP contribution in [0, 0.1) is 5.92 Å². The molecule has 1 aliphatic heterocycles. The van der Waals surface area contributed by atoms with E-state index >= 15 is 0 Å². The Morgan fingerprint density at radius 1 is 1.41 bits per heavy atom. The highest BCUT2D eigenvalue weighted by Crippen LogP contribution is 2.35. The van der Waals surface area contributed by atoms with Crippen molar-refractivity contribution in [2.45, 2.75) is 58.4 Å². The molecule has 0 spiro atoms. The van der Waals surface area contributed by atoms with Gasteiger partial charge in [0, 0.05) is 43.2 Å². The molecule has 5 heteroatoms. The van der Waals surface area contributed by atoms with E-state index in [1.807, 2.05) is 24.4 Å². The molecule has 5 nitrogen and oxygen atoms in total. The van der Waals surface area contributed by atoms with E-state index in [0.29, 0.717) is 24.9 Å². The minimum Gasteiger partial charge on any atom is -0.497 e. The Balaban J connectivity index is 1.95. The zero-order valence-electron chi connectivity index (χ0n) is 16.9. The smallest absolute Gasteiger partial charge is 0.221 e. The number of hydrogen-bond donors (Lipinski definition) is 1. The topological polar surface area (TPSA) is 56.1 Å². The number of methoxy groups -OCH3 is 1. The fraction of sp³-hybridized carbons (Fsp3) is 0.545. The predicted octanol–water partition coefficient (Wildman–Crippen LogP) is 4.08. The lowest BCUT2D eigenvalue weighted by molar-refractivity contribution is -0.121. The van der Waals surface area contributed by atoms with Crippen molar-refractivity contribution in [3.63, 3.8) is 0 Å². The van der Waals surface area contributed by atoms with Crippen LogP contribution in [0.15, 0.2) is 30.5 Å². The molecule has 0 unspecified atom stereocenters. The van der Waals surface area contributed by atoms with Crippen LogP contribution in [0.4, 0.5) is 0 Å². The maximum absolute atomic E-state index is 12.7. The first-order valence-electron chi connectivity index (χ1n) is 9.96. The van der Waals surface area contributed by atoms with Gasteiger partial charge in [-0.15, -0.1) is 0 Å². The summed E-state index contributed by atoms with van der Waals surface area (Å²) in [4.78, 5) is 17.3. The van der Waals surface area contributed by atoms with E-state index in [2.05, 4.69) is 41.7 Å². The van der Waals surface area contributed by atoms with Gasteiger partial charge in [0.1, 0.15) is 11.6 Å². The summed E-state index contributed by atoms with van der Waals surface area (Å²) in [6, 6.07) is 8.46. The van der Waals surface area contributed by atoms with Crippen molar-refractivity contribution in [2.24, 2.45) is 5.92 Å². The van der Waals surface area contributed by atoms with Crippen molar-refractivity contribution in [3.8, 4) is 5.75 Å². The summed E-state index contributed by atoms with van der Waals surface area (Å²) in [6.45, 7) is 7.16. The molecule has 0 radical (unpaired) electrons. The molecule has 27 heavy (non-hydrogen) atoms. The molecule has 2 aromatic rings. The SMILES string of the molecule is COc1cccc([C@@H](CC(=O)NCC(C)C)c2cnc3n2[C@@H](C)CCC3)c1. The van der Waals surface area contributed by atoms with E-state index in [1.54, 1.807) is 7.11 Å². The summed E-state index contributed by atoms with van der Waals surface area (Å²) in [6.07, 6.45) is 5.72. The average Bonchev–Trinajstić information content (AvgIpc) is 3.09. The zero-order chi connectivity index (χ0) is 19.4. The number of aryl methyl sites for hydroxylation is 1. The molecule has 0 aliphatic carbocycles. The molecule has 146 valence electrons. The van der Waals surface area contributed by atoms with Crippen LogP contribution in [0.3, 0.4) is 0 Å².